The molecule has 0 saturated carbocycles. The zero-order chi connectivity index (χ0) is 10.1. The molecule has 0 bridgehead atoms. The maximum absolute atomic E-state index is 2.26. The van der Waals surface area contributed by atoms with Gasteiger partial charge in [-0.15, -0.1) is 0 Å². The van der Waals surface area contributed by atoms with Gasteiger partial charge in [0.2, 0.25) is 0 Å². The molecule has 1 unspecified atom stereocenters. The van der Waals surface area contributed by atoms with Crippen LogP contribution in [0, 0.1) is 0 Å². The summed E-state index contributed by atoms with van der Waals surface area (Å²) in [7, 11) is 0. The van der Waals surface area contributed by atoms with Crippen molar-refractivity contribution in [2.45, 2.75) is 61.3 Å². The van der Waals surface area contributed by atoms with E-state index in [1.165, 1.54) is 18.4 Å². The third kappa shape index (κ3) is 9.52. The Morgan fingerprint density at radius 2 is 1.33 bits per heavy atom. The van der Waals surface area contributed by atoms with Crippen molar-refractivity contribution in [1.29, 1.82) is 0 Å². The van der Waals surface area contributed by atoms with E-state index in [-0.39, 0.29) is 14.9 Å². The molecule has 0 aliphatic heterocycles. The molecule has 0 aliphatic rings. The Hall–Kier alpha value is -0.780. The molecule has 0 radical (unpaired) electrons. The normalized spacial score (nSPS) is 9.87. The predicted octanol–water partition coefficient (Wildman–Crippen LogP) is 5.89. The zero-order valence-corrected chi connectivity index (χ0v) is 9.38. The minimum absolute atomic E-state index is 0. The molecule has 0 aliphatic carbocycles. The Morgan fingerprint density at radius 3 is 1.67 bits per heavy atom. The lowest BCUT2D eigenvalue weighted by molar-refractivity contribution is 0.733. The first-order valence-corrected chi connectivity index (χ1v) is 5.31. The van der Waals surface area contributed by atoms with Gasteiger partial charge in [0.25, 0.3) is 0 Å². The average molecular weight is 210 g/mol. The van der Waals surface area contributed by atoms with Gasteiger partial charge in [0.05, 0.1) is 0 Å². The fourth-order valence-electron chi connectivity index (χ4n) is 1.02. The summed E-state index contributed by atoms with van der Waals surface area (Å²) >= 11 is 0. The first kappa shape index (κ1) is 19.7. The van der Waals surface area contributed by atoms with Crippen molar-refractivity contribution in [1.82, 2.24) is 0 Å². The lowest BCUT2D eigenvalue weighted by atomic mass is 9.99. The Labute approximate surface area is 97.7 Å². The maximum Gasteiger partial charge on any atom is -0.0193 e. The van der Waals surface area contributed by atoms with Crippen LogP contribution in [0.5, 0.6) is 0 Å². The molecule has 1 atom stereocenters. The van der Waals surface area contributed by atoms with Crippen LogP contribution in [-0.4, -0.2) is 0 Å². The van der Waals surface area contributed by atoms with Gasteiger partial charge in [-0.1, -0.05) is 79.3 Å². The Bertz CT molecular complexity index is 188. The number of hydrogen-bond donors (Lipinski definition) is 0. The summed E-state index contributed by atoms with van der Waals surface area (Å²) < 4.78 is 0. The molecule has 1 aromatic rings. The Balaban J connectivity index is -0.000000260. The fraction of sp³-hybridized carbons (Fsp3) is 0.600. The molecular formula is C15H30. The molecule has 15 heavy (non-hydrogen) atoms. The summed E-state index contributed by atoms with van der Waals surface area (Å²) in [5.41, 5.74) is 1.45. The van der Waals surface area contributed by atoms with Crippen LogP contribution in [0.4, 0.5) is 0 Å². The van der Waals surface area contributed by atoms with E-state index in [0.29, 0.717) is 5.92 Å². The highest BCUT2D eigenvalue weighted by molar-refractivity contribution is 5.18. The highest BCUT2D eigenvalue weighted by atomic mass is 14.0. The van der Waals surface area contributed by atoms with Gasteiger partial charge in [-0.2, -0.15) is 0 Å². The van der Waals surface area contributed by atoms with Gasteiger partial charge in [0.1, 0.15) is 0 Å². The quantitative estimate of drug-likeness (QED) is 0.571. The van der Waals surface area contributed by atoms with E-state index in [4.69, 9.17) is 0 Å². The minimum Gasteiger partial charge on any atom is -0.0776 e. The molecule has 0 spiro atoms. The number of hydrogen-bond acceptors (Lipinski definition) is 0. The highest BCUT2D eigenvalue weighted by Gasteiger charge is 1.98. The summed E-state index contributed by atoms with van der Waals surface area (Å²) in [4.78, 5) is 0. The van der Waals surface area contributed by atoms with Crippen molar-refractivity contribution in [2.75, 3.05) is 0 Å². The number of rotatable bonds is 2. The molecular weight excluding hydrogens is 180 g/mol. The second-order valence-corrected chi connectivity index (χ2v) is 3.43. The Morgan fingerprint density at radius 1 is 0.933 bits per heavy atom. The first-order chi connectivity index (χ1) is 6.26. The zero-order valence-electron chi connectivity index (χ0n) is 9.38. The molecule has 0 aromatic heterocycles. The highest BCUT2D eigenvalue weighted by Crippen LogP contribution is 2.16. The monoisotopic (exact) mass is 210 g/mol. The van der Waals surface area contributed by atoms with E-state index >= 15 is 0 Å². The van der Waals surface area contributed by atoms with Crippen molar-refractivity contribution < 1.29 is 0 Å². The molecule has 1 aromatic carbocycles. The second kappa shape index (κ2) is 13.2. The van der Waals surface area contributed by atoms with Crippen LogP contribution < -0.4 is 0 Å². The van der Waals surface area contributed by atoms with Crippen molar-refractivity contribution >= 4 is 0 Å². The third-order valence-electron chi connectivity index (χ3n) is 1.98. The average Bonchev–Trinajstić information content (AvgIpc) is 2.19. The van der Waals surface area contributed by atoms with Crippen LogP contribution in [0.25, 0.3) is 0 Å². The molecule has 1 rings (SSSR count). The van der Waals surface area contributed by atoms with Gasteiger partial charge >= 0.3 is 0 Å². The molecule has 0 fully saturated rings. The van der Waals surface area contributed by atoms with Crippen LogP contribution in [0.15, 0.2) is 30.3 Å². The summed E-state index contributed by atoms with van der Waals surface area (Å²) in [6.07, 6.45) is 2.48. The minimum atomic E-state index is 0. The number of benzene rings is 1. The lowest BCUT2D eigenvalue weighted by Crippen LogP contribution is -1.88. The SMILES string of the molecule is C.C.CCC.CCC(C)c1ccccc1. The predicted molar refractivity (Wildman–Crippen MR) is 74.6 cm³/mol. The van der Waals surface area contributed by atoms with Crippen molar-refractivity contribution in [3.63, 3.8) is 0 Å². The standard InChI is InChI=1S/C10H14.C3H8.2CH4/c1-3-9(2)10-7-5-4-6-8-10;1-3-2;;/h4-9H,3H2,1-2H3;3H2,1-2H3;2*1H4. The lowest BCUT2D eigenvalue weighted by Gasteiger charge is -2.06. The van der Waals surface area contributed by atoms with Crippen LogP contribution in [0.3, 0.4) is 0 Å². The van der Waals surface area contributed by atoms with Gasteiger partial charge in [-0.05, 0) is 17.9 Å². The van der Waals surface area contributed by atoms with Gasteiger partial charge < -0.3 is 0 Å². The first-order valence-electron chi connectivity index (χ1n) is 5.31. The molecule has 0 saturated heterocycles. The molecule has 0 heterocycles. The largest absolute Gasteiger partial charge is 0.0776 e. The fourth-order valence-corrected chi connectivity index (χ4v) is 1.02. The van der Waals surface area contributed by atoms with Crippen LogP contribution in [0.1, 0.15) is 66.9 Å². The maximum atomic E-state index is 2.26. The second-order valence-electron chi connectivity index (χ2n) is 3.43. The van der Waals surface area contributed by atoms with E-state index in [9.17, 15) is 0 Å². The molecule has 0 heteroatoms. The molecule has 0 nitrogen and oxygen atoms in total. The summed E-state index contributed by atoms with van der Waals surface area (Å²) in [6.45, 7) is 8.73. The van der Waals surface area contributed by atoms with Gasteiger partial charge in [0, 0.05) is 0 Å². The van der Waals surface area contributed by atoms with Gasteiger partial charge in [0.15, 0.2) is 0 Å². The van der Waals surface area contributed by atoms with Crippen LogP contribution in [0.2, 0.25) is 0 Å². The van der Waals surface area contributed by atoms with Crippen LogP contribution >= 0.6 is 0 Å². The summed E-state index contributed by atoms with van der Waals surface area (Å²) in [5, 5.41) is 0. The van der Waals surface area contributed by atoms with E-state index in [1.807, 2.05) is 0 Å². The smallest absolute Gasteiger partial charge is 0.0193 e. The van der Waals surface area contributed by atoms with Gasteiger partial charge in [-0.3, -0.25) is 0 Å². The summed E-state index contributed by atoms with van der Waals surface area (Å²) in [5.74, 6) is 0.709. The van der Waals surface area contributed by atoms with Crippen molar-refractivity contribution in [3.05, 3.63) is 35.9 Å². The van der Waals surface area contributed by atoms with Crippen molar-refractivity contribution in [2.24, 2.45) is 0 Å². The topological polar surface area (TPSA) is 0 Å². The molecule has 0 amide bonds. The van der Waals surface area contributed by atoms with E-state index < -0.39 is 0 Å². The third-order valence-corrected chi connectivity index (χ3v) is 1.98. The molecule has 0 N–H and O–H groups in total. The van der Waals surface area contributed by atoms with E-state index in [1.54, 1.807) is 0 Å². The Kier molecular flexibility index (Phi) is 17.4. The van der Waals surface area contributed by atoms with Crippen molar-refractivity contribution in [3.8, 4) is 0 Å². The van der Waals surface area contributed by atoms with E-state index in [0.717, 1.165) is 0 Å². The summed E-state index contributed by atoms with van der Waals surface area (Å²) in [6, 6.07) is 10.6. The molecule has 90 valence electrons. The van der Waals surface area contributed by atoms with Gasteiger partial charge in [-0.25, -0.2) is 0 Å². The van der Waals surface area contributed by atoms with E-state index in [2.05, 4.69) is 58.0 Å². The van der Waals surface area contributed by atoms with Crippen LogP contribution in [-0.2, 0) is 0 Å².